The first-order valence-corrected chi connectivity index (χ1v) is 10.0. The molecular weight excluding hydrogens is 440 g/mol. The molecule has 1 N–H and O–H groups in total. The van der Waals surface area contributed by atoms with Crippen LogP contribution in [-0.2, 0) is 19.6 Å². The van der Waals surface area contributed by atoms with Crippen LogP contribution in [0.15, 0.2) is 65.1 Å². The van der Waals surface area contributed by atoms with Gasteiger partial charge >= 0.3 is 0 Å². The van der Waals surface area contributed by atoms with Crippen molar-refractivity contribution in [2.24, 2.45) is 0 Å². The fourth-order valence-corrected chi connectivity index (χ4v) is 3.37. The molecule has 0 fully saturated rings. The van der Waals surface area contributed by atoms with Crippen molar-refractivity contribution in [1.82, 2.24) is 5.32 Å². The smallest absolute Gasteiger partial charge is 0.162 e. The minimum absolute atomic E-state index is 0.107. The van der Waals surface area contributed by atoms with Gasteiger partial charge in [0.25, 0.3) is 0 Å². The SMILES string of the molecule is COc1cc(CNCCc2ccccc2F)c(Br)cc1OCc1ccccc1F. The number of methoxy groups -OCH3 is 1. The summed E-state index contributed by atoms with van der Waals surface area (Å²) < 4.78 is 39.5. The molecule has 3 aromatic rings. The minimum Gasteiger partial charge on any atom is -0.493 e. The largest absolute Gasteiger partial charge is 0.493 e. The molecule has 0 aromatic heterocycles. The van der Waals surface area contributed by atoms with Gasteiger partial charge in [-0.3, -0.25) is 0 Å². The van der Waals surface area contributed by atoms with Crippen LogP contribution in [0.3, 0.4) is 0 Å². The van der Waals surface area contributed by atoms with Crippen LogP contribution in [0.4, 0.5) is 8.78 Å². The van der Waals surface area contributed by atoms with Crippen LogP contribution in [0.2, 0.25) is 0 Å². The highest BCUT2D eigenvalue weighted by atomic mass is 79.9. The van der Waals surface area contributed by atoms with Gasteiger partial charge in [0.15, 0.2) is 11.5 Å². The van der Waals surface area contributed by atoms with Gasteiger partial charge in [-0.2, -0.15) is 0 Å². The molecule has 0 aliphatic rings. The van der Waals surface area contributed by atoms with Gasteiger partial charge in [-0.1, -0.05) is 52.3 Å². The Hall–Kier alpha value is -2.44. The molecule has 3 aromatic carbocycles. The predicted octanol–water partition coefficient (Wildman–Crippen LogP) is 5.65. The second-order valence-electron chi connectivity index (χ2n) is 6.49. The Bertz CT molecular complexity index is 965. The molecule has 0 saturated heterocycles. The van der Waals surface area contributed by atoms with E-state index in [4.69, 9.17) is 9.47 Å². The molecule has 152 valence electrons. The average molecular weight is 462 g/mol. The van der Waals surface area contributed by atoms with Crippen LogP contribution in [0.1, 0.15) is 16.7 Å². The van der Waals surface area contributed by atoms with E-state index in [9.17, 15) is 8.78 Å². The summed E-state index contributed by atoms with van der Waals surface area (Å²) in [6.45, 7) is 1.33. The van der Waals surface area contributed by atoms with Gasteiger partial charge in [0, 0.05) is 16.6 Å². The van der Waals surface area contributed by atoms with Crippen molar-refractivity contribution < 1.29 is 18.3 Å². The first-order chi connectivity index (χ1) is 14.1. The topological polar surface area (TPSA) is 30.5 Å². The lowest BCUT2D eigenvalue weighted by molar-refractivity contribution is 0.279. The number of rotatable bonds is 9. The summed E-state index contributed by atoms with van der Waals surface area (Å²) in [5, 5.41) is 3.31. The van der Waals surface area contributed by atoms with E-state index in [1.807, 2.05) is 18.2 Å². The third-order valence-corrected chi connectivity index (χ3v) is 5.26. The number of hydrogen-bond acceptors (Lipinski definition) is 3. The van der Waals surface area contributed by atoms with Crippen molar-refractivity contribution in [3.05, 3.63) is 93.5 Å². The molecular formula is C23H22BrF2NO2. The molecule has 0 saturated carbocycles. The highest BCUT2D eigenvalue weighted by Crippen LogP contribution is 2.34. The van der Waals surface area contributed by atoms with Crippen LogP contribution in [0.25, 0.3) is 0 Å². The molecule has 0 spiro atoms. The van der Waals surface area contributed by atoms with Crippen LogP contribution in [0.5, 0.6) is 11.5 Å². The summed E-state index contributed by atoms with van der Waals surface area (Å²) >= 11 is 3.55. The maximum Gasteiger partial charge on any atom is 0.162 e. The lowest BCUT2D eigenvalue weighted by Gasteiger charge is -2.15. The van der Waals surface area contributed by atoms with Crippen molar-refractivity contribution in [3.63, 3.8) is 0 Å². The number of benzene rings is 3. The van der Waals surface area contributed by atoms with E-state index >= 15 is 0 Å². The summed E-state index contributed by atoms with van der Waals surface area (Å²) in [5.74, 6) is 0.600. The lowest BCUT2D eigenvalue weighted by Crippen LogP contribution is -2.17. The number of halogens is 3. The monoisotopic (exact) mass is 461 g/mol. The maximum absolute atomic E-state index is 13.8. The van der Waals surface area contributed by atoms with Gasteiger partial charge in [-0.15, -0.1) is 0 Å². The standard InChI is InChI=1S/C23H22BrF2NO2/c1-28-22-12-18(14-27-11-10-16-6-2-4-8-20(16)25)19(24)13-23(22)29-15-17-7-3-5-9-21(17)26/h2-9,12-13,27H,10-11,14-15H2,1H3. The predicted molar refractivity (Wildman–Crippen MR) is 113 cm³/mol. The van der Waals surface area contributed by atoms with Gasteiger partial charge < -0.3 is 14.8 Å². The van der Waals surface area contributed by atoms with Crippen LogP contribution >= 0.6 is 15.9 Å². The second kappa shape index (κ2) is 10.4. The zero-order chi connectivity index (χ0) is 20.6. The molecule has 0 radical (unpaired) electrons. The molecule has 29 heavy (non-hydrogen) atoms. The highest BCUT2D eigenvalue weighted by Gasteiger charge is 2.12. The minimum atomic E-state index is -0.304. The number of hydrogen-bond donors (Lipinski definition) is 1. The number of ether oxygens (including phenoxy) is 2. The van der Waals surface area contributed by atoms with Crippen molar-refractivity contribution in [2.75, 3.05) is 13.7 Å². The molecule has 6 heteroatoms. The second-order valence-corrected chi connectivity index (χ2v) is 7.35. The van der Waals surface area contributed by atoms with E-state index in [-0.39, 0.29) is 18.2 Å². The Labute approximate surface area is 177 Å². The summed E-state index contributed by atoms with van der Waals surface area (Å²) in [6, 6.07) is 17.0. The van der Waals surface area contributed by atoms with Crippen LogP contribution in [0, 0.1) is 11.6 Å². The molecule has 0 aliphatic carbocycles. The van der Waals surface area contributed by atoms with Gasteiger partial charge in [0.05, 0.1) is 7.11 Å². The van der Waals surface area contributed by atoms with Gasteiger partial charge in [-0.05, 0) is 48.4 Å². The quantitative estimate of drug-likeness (QED) is 0.417. The van der Waals surface area contributed by atoms with E-state index in [2.05, 4.69) is 21.2 Å². The van der Waals surface area contributed by atoms with Crippen LogP contribution < -0.4 is 14.8 Å². The summed E-state index contributed by atoms with van der Waals surface area (Å²) in [5.41, 5.74) is 2.15. The van der Waals surface area contributed by atoms with Gasteiger partial charge in [0.1, 0.15) is 18.2 Å². The molecule has 3 nitrogen and oxygen atoms in total. The van der Waals surface area contributed by atoms with Crippen molar-refractivity contribution in [1.29, 1.82) is 0 Å². The van der Waals surface area contributed by atoms with Crippen LogP contribution in [-0.4, -0.2) is 13.7 Å². The van der Waals surface area contributed by atoms with Gasteiger partial charge in [-0.25, -0.2) is 8.78 Å². The number of nitrogens with one attached hydrogen (secondary N) is 1. The zero-order valence-electron chi connectivity index (χ0n) is 16.1. The molecule has 0 bridgehead atoms. The van der Waals surface area contributed by atoms with Crippen molar-refractivity contribution >= 4 is 15.9 Å². The van der Waals surface area contributed by atoms with E-state index in [0.29, 0.717) is 42.1 Å². The Kier molecular flexibility index (Phi) is 7.61. The normalized spacial score (nSPS) is 10.8. The summed E-state index contributed by atoms with van der Waals surface area (Å²) in [7, 11) is 1.56. The average Bonchev–Trinajstić information content (AvgIpc) is 2.73. The first kappa shape index (κ1) is 21.3. The zero-order valence-corrected chi connectivity index (χ0v) is 17.6. The highest BCUT2D eigenvalue weighted by molar-refractivity contribution is 9.10. The Balaban J connectivity index is 1.60. The molecule has 0 unspecified atom stereocenters. The van der Waals surface area contributed by atoms with Crippen molar-refractivity contribution in [2.45, 2.75) is 19.6 Å². The Morgan fingerprint density at radius 3 is 2.17 bits per heavy atom. The van der Waals surface area contributed by atoms with E-state index in [1.165, 1.54) is 12.1 Å². The van der Waals surface area contributed by atoms with Crippen molar-refractivity contribution in [3.8, 4) is 11.5 Å². The Morgan fingerprint density at radius 2 is 1.52 bits per heavy atom. The fourth-order valence-electron chi connectivity index (χ4n) is 2.90. The molecule has 0 amide bonds. The molecule has 0 aliphatic heterocycles. The first-order valence-electron chi connectivity index (χ1n) is 9.25. The third-order valence-electron chi connectivity index (χ3n) is 4.52. The fraction of sp³-hybridized carbons (Fsp3) is 0.217. The molecule has 0 atom stereocenters. The summed E-state index contributed by atoms with van der Waals surface area (Å²) in [4.78, 5) is 0. The van der Waals surface area contributed by atoms with E-state index < -0.39 is 0 Å². The molecule has 3 rings (SSSR count). The maximum atomic E-state index is 13.8. The van der Waals surface area contributed by atoms with Gasteiger partial charge in [0.2, 0.25) is 0 Å². The molecule has 0 heterocycles. The third kappa shape index (κ3) is 5.78. The van der Waals surface area contributed by atoms with E-state index in [1.54, 1.807) is 37.4 Å². The lowest BCUT2D eigenvalue weighted by atomic mass is 10.1. The summed E-state index contributed by atoms with van der Waals surface area (Å²) in [6.07, 6.45) is 0.602. The van der Waals surface area contributed by atoms with E-state index in [0.717, 1.165) is 10.0 Å². The Morgan fingerprint density at radius 1 is 0.862 bits per heavy atom.